The summed E-state index contributed by atoms with van der Waals surface area (Å²) in [6, 6.07) is 10.5. The van der Waals surface area contributed by atoms with Gasteiger partial charge in [0.1, 0.15) is 0 Å². The Morgan fingerprint density at radius 2 is 2.11 bits per heavy atom. The quantitative estimate of drug-likeness (QED) is 0.858. The van der Waals surface area contributed by atoms with Gasteiger partial charge in [-0.05, 0) is 38.4 Å². The molecular formula is C14H20N4. The summed E-state index contributed by atoms with van der Waals surface area (Å²) in [4.78, 5) is 4.64. The number of anilines is 1. The van der Waals surface area contributed by atoms with Crippen molar-refractivity contribution >= 4 is 5.69 Å². The first-order valence-electron chi connectivity index (χ1n) is 6.33. The Morgan fingerprint density at radius 3 is 2.72 bits per heavy atom. The van der Waals surface area contributed by atoms with E-state index in [4.69, 9.17) is 5.26 Å². The Hall–Kier alpha value is -1.57. The van der Waals surface area contributed by atoms with Crippen molar-refractivity contribution in [3.63, 3.8) is 0 Å². The maximum Gasteiger partial charge on any atom is 0.0991 e. The molecule has 0 spiro atoms. The van der Waals surface area contributed by atoms with E-state index in [0.29, 0.717) is 6.04 Å². The van der Waals surface area contributed by atoms with Crippen LogP contribution in [-0.4, -0.2) is 51.2 Å². The van der Waals surface area contributed by atoms with Gasteiger partial charge in [-0.15, -0.1) is 0 Å². The molecule has 1 saturated heterocycles. The molecule has 0 aromatic heterocycles. The molecule has 1 N–H and O–H groups in total. The lowest BCUT2D eigenvalue weighted by Crippen LogP contribution is -2.55. The number of nitrogens with one attached hydrogen (secondary N) is 1. The zero-order chi connectivity index (χ0) is 13.0. The summed E-state index contributed by atoms with van der Waals surface area (Å²) < 4.78 is 0. The van der Waals surface area contributed by atoms with E-state index in [0.717, 1.165) is 31.7 Å². The van der Waals surface area contributed by atoms with Gasteiger partial charge in [-0.3, -0.25) is 0 Å². The van der Waals surface area contributed by atoms with Gasteiger partial charge >= 0.3 is 0 Å². The molecule has 1 fully saturated rings. The normalized spacial score (nSPS) is 19.9. The van der Waals surface area contributed by atoms with E-state index in [1.54, 1.807) is 0 Å². The van der Waals surface area contributed by atoms with Crippen LogP contribution in [0.25, 0.3) is 0 Å². The molecule has 1 aliphatic rings. The first-order valence-corrected chi connectivity index (χ1v) is 6.33. The SMILES string of the molecule is CN(C)CC1CNCCN1c1ccc(C#N)cc1. The smallest absolute Gasteiger partial charge is 0.0991 e. The molecule has 1 unspecified atom stereocenters. The Bertz CT molecular complexity index is 418. The van der Waals surface area contributed by atoms with E-state index in [1.807, 2.05) is 24.3 Å². The van der Waals surface area contributed by atoms with Crippen molar-refractivity contribution in [2.75, 3.05) is 45.2 Å². The van der Waals surface area contributed by atoms with Crippen molar-refractivity contribution in [1.29, 1.82) is 5.26 Å². The Balaban J connectivity index is 2.14. The molecule has 0 radical (unpaired) electrons. The second-order valence-corrected chi connectivity index (χ2v) is 4.97. The van der Waals surface area contributed by atoms with Crippen LogP contribution in [0.3, 0.4) is 0 Å². The maximum absolute atomic E-state index is 8.83. The number of piperazine rings is 1. The molecule has 4 nitrogen and oxygen atoms in total. The van der Waals surface area contributed by atoms with Crippen LogP contribution in [0, 0.1) is 11.3 Å². The first-order chi connectivity index (χ1) is 8.70. The Kier molecular flexibility index (Phi) is 4.19. The molecule has 1 atom stereocenters. The highest BCUT2D eigenvalue weighted by molar-refractivity contribution is 5.51. The minimum Gasteiger partial charge on any atom is -0.365 e. The third-order valence-electron chi connectivity index (χ3n) is 3.25. The highest BCUT2D eigenvalue weighted by Gasteiger charge is 2.22. The first kappa shape index (κ1) is 12.9. The van der Waals surface area contributed by atoms with E-state index in [-0.39, 0.29) is 0 Å². The molecule has 2 rings (SSSR count). The lowest BCUT2D eigenvalue weighted by molar-refractivity contribution is 0.337. The molecule has 1 aromatic carbocycles. The minimum absolute atomic E-state index is 0.488. The molecule has 0 amide bonds. The molecule has 0 saturated carbocycles. The lowest BCUT2D eigenvalue weighted by atomic mass is 10.1. The molecule has 1 aromatic rings. The Labute approximate surface area is 109 Å². The van der Waals surface area contributed by atoms with Crippen molar-refractivity contribution in [3.05, 3.63) is 29.8 Å². The predicted octanol–water partition coefficient (Wildman–Crippen LogP) is 0.898. The lowest BCUT2D eigenvalue weighted by Gasteiger charge is -2.39. The van der Waals surface area contributed by atoms with Gasteiger partial charge in [0, 0.05) is 31.9 Å². The highest BCUT2D eigenvalue weighted by Crippen LogP contribution is 2.19. The average molecular weight is 244 g/mol. The van der Waals surface area contributed by atoms with E-state index in [9.17, 15) is 0 Å². The van der Waals surface area contributed by atoms with Crippen LogP contribution in [0.2, 0.25) is 0 Å². The fraction of sp³-hybridized carbons (Fsp3) is 0.500. The van der Waals surface area contributed by atoms with E-state index >= 15 is 0 Å². The number of nitrogens with zero attached hydrogens (tertiary/aromatic N) is 3. The van der Waals surface area contributed by atoms with Crippen LogP contribution in [0.15, 0.2) is 24.3 Å². The van der Waals surface area contributed by atoms with Crippen LogP contribution in [-0.2, 0) is 0 Å². The molecule has 4 heteroatoms. The van der Waals surface area contributed by atoms with Crippen LogP contribution in [0.4, 0.5) is 5.69 Å². The topological polar surface area (TPSA) is 42.3 Å². The molecule has 0 aliphatic carbocycles. The fourth-order valence-corrected chi connectivity index (χ4v) is 2.41. The number of hydrogen-bond acceptors (Lipinski definition) is 4. The van der Waals surface area contributed by atoms with Gasteiger partial charge in [0.25, 0.3) is 0 Å². The van der Waals surface area contributed by atoms with Gasteiger partial charge in [-0.1, -0.05) is 0 Å². The van der Waals surface area contributed by atoms with Gasteiger partial charge in [-0.2, -0.15) is 5.26 Å². The van der Waals surface area contributed by atoms with Crippen LogP contribution >= 0.6 is 0 Å². The third-order valence-corrected chi connectivity index (χ3v) is 3.25. The zero-order valence-electron chi connectivity index (χ0n) is 11.1. The van der Waals surface area contributed by atoms with Gasteiger partial charge in [0.2, 0.25) is 0 Å². The highest BCUT2D eigenvalue weighted by atomic mass is 15.3. The van der Waals surface area contributed by atoms with Gasteiger partial charge in [-0.25, -0.2) is 0 Å². The van der Waals surface area contributed by atoms with Gasteiger partial charge < -0.3 is 15.1 Å². The average Bonchev–Trinajstić information content (AvgIpc) is 2.39. The van der Waals surface area contributed by atoms with Gasteiger partial charge in [0.15, 0.2) is 0 Å². The standard InChI is InChI=1S/C14H20N4/c1-17(2)11-14-10-16-7-8-18(14)13-5-3-12(9-15)4-6-13/h3-6,14,16H,7-8,10-11H2,1-2H3. The van der Waals surface area contributed by atoms with E-state index < -0.39 is 0 Å². The van der Waals surface area contributed by atoms with Crippen molar-refractivity contribution in [1.82, 2.24) is 10.2 Å². The summed E-state index contributed by atoms with van der Waals surface area (Å²) in [5.74, 6) is 0. The third kappa shape index (κ3) is 3.00. The molecule has 1 heterocycles. The number of benzene rings is 1. The van der Waals surface area contributed by atoms with Crippen molar-refractivity contribution in [3.8, 4) is 6.07 Å². The van der Waals surface area contributed by atoms with Crippen molar-refractivity contribution in [2.45, 2.75) is 6.04 Å². The summed E-state index contributed by atoms with van der Waals surface area (Å²) in [6.45, 7) is 4.08. The second-order valence-electron chi connectivity index (χ2n) is 4.97. The van der Waals surface area contributed by atoms with Crippen LogP contribution in [0.5, 0.6) is 0 Å². The molecular weight excluding hydrogens is 224 g/mol. The molecule has 1 aliphatic heterocycles. The number of rotatable bonds is 3. The maximum atomic E-state index is 8.83. The number of likely N-dealkylation sites (N-methyl/N-ethyl adjacent to an activating group) is 1. The van der Waals surface area contributed by atoms with Gasteiger partial charge in [0.05, 0.1) is 17.7 Å². The van der Waals surface area contributed by atoms with Crippen molar-refractivity contribution in [2.24, 2.45) is 0 Å². The second kappa shape index (κ2) is 5.85. The summed E-state index contributed by atoms with van der Waals surface area (Å²) in [6.07, 6.45) is 0. The predicted molar refractivity (Wildman–Crippen MR) is 73.7 cm³/mol. The van der Waals surface area contributed by atoms with Crippen LogP contribution < -0.4 is 10.2 Å². The monoisotopic (exact) mass is 244 g/mol. The molecule has 18 heavy (non-hydrogen) atoms. The fourth-order valence-electron chi connectivity index (χ4n) is 2.41. The number of nitriles is 1. The van der Waals surface area contributed by atoms with E-state index in [2.05, 4.69) is 35.3 Å². The van der Waals surface area contributed by atoms with Crippen molar-refractivity contribution < 1.29 is 0 Å². The number of hydrogen-bond donors (Lipinski definition) is 1. The Morgan fingerprint density at radius 1 is 1.39 bits per heavy atom. The minimum atomic E-state index is 0.488. The summed E-state index contributed by atoms with van der Waals surface area (Å²) in [7, 11) is 4.21. The van der Waals surface area contributed by atoms with E-state index in [1.165, 1.54) is 5.69 Å². The molecule has 0 bridgehead atoms. The van der Waals surface area contributed by atoms with Crippen LogP contribution in [0.1, 0.15) is 5.56 Å². The largest absolute Gasteiger partial charge is 0.365 e. The zero-order valence-corrected chi connectivity index (χ0v) is 11.1. The summed E-state index contributed by atoms with van der Waals surface area (Å²) in [5, 5.41) is 12.3. The summed E-state index contributed by atoms with van der Waals surface area (Å²) >= 11 is 0. The molecule has 96 valence electrons. The summed E-state index contributed by atoms with van der Waals surface area (Å²) in [5.41, 5.74) is 1.93.